The molecule has 2 rings (SSSR count). The van der Waals surface area contributed by atoms with Gasteiger partial charge in [0.1, 0.15) is 11.7 Å². The number of carboxylic acids is 2. The minimum atomic E-state index is -1.74. The lowest BCUT2D eigenvalue weighted by molar-refractivity contribution is -0.257. The molecule has 1 aliphatic rings. The zero-order chi connectivity index (χ0) is 22.9. The molecule has 2 amide bonds. The third kappa shape index (κ3) is 4.65. The van der Waals surface area contributed by atoms with Gasteiger partial charge in [0.2, 0.25) is 5.60 Å². The molecule has 1 aromatic rings. The molecule has 0 aromatic carbocycles. The molecule has 0 spiro atoms. The second-order valence-corrected chi connectivity index (χ2v) is 8.17. The lowest BCUT2D eigenvalue weighted by atomic mass is 9.84. The Hall–Kier alpha value is -3.26. The molecule has 0 saturated carbocycles. The van der Waals surface area contributed by atoms with E-state index in [1.165, 1.54) is 19.2 Å². The van der Waals surface area contributed by atoms with Crippen LogP contribution in [0.15, 0.2) is 10.5 Å². The molecule has 0 aliphatic carbocycles. The number of aliphatic carboxylic acids is 2. The van der Waals surface area contributed by atoms with E-state index in [9.17, 15) is 19.2 Å². The summed E-state index contributed by atoms with van der Waals surface area (Å²) >= 11 is 1.02. The number of β-lactam (4-membered cyclic amide) rings is 1. The van der Waals surface area contributed by atoms with Gasteiger partial charge in [-0.3, -0.25) is 14.4 Å². The number of carbonyl (C=O) groups is 4. The van der Waals surface area contributed by atoms with Gasteiger partial charge in [0, 0.05) is 5.38 Å². The minimum absolute atomic E-state index is 0.0275. The summed E-state index contributed by atoms with van der Waals surface area (Å²) < 4.78 is 0. The normalized spacial score (nSPS) is 18.5. The first-order chi connectivity index (χ1) is 13.8. The lowest BCUT2D eigenvalue weighted by Gasteiger charge is -2.51. The van der Waals surface area contributed by atoms with E-state index in [4.69, 9.17) is 25.6 Å². The average molecular weight is 443 g/mol. The van der Waals surface area contributed by atoms with Crippen molar-refractivity contribution >= 4 is 45.9 Å². The van der Waals surface area contributed by atoms with Gasteiger partial charge in [-0.05, 0) is 27.7 Å². The zero-order valence-corrected chi connectivity index (χ0v) is 17.3. The molecule has 2 heterocycles. The quantitative estimate of drug-likeness (QED) is 0.218. The molecule has 1 aliphatic heterocycles. The highest BCUT2D eigenvalue weighted by molar-refractivity contribution is 7.13. The van der Waals surface area contributed by atoms with Gasteiger partial charge in [-0.25, -0.2) is 19.6 Å². The summed E-state index contributed by atoms with van der Waals surface area (Å²) in [4.78, 5) is 60.8. The number of hydrogen-bond acceptors (Lipinski definition) is 10. The number of anilines is 1. The fourth-order valence-electron chi connectivity index (χ4n) is 2.34. The van der Waals surface area contributed by atoms with Gasteiger partial charge in [-0.15, -0.1) is 11.3 Å². The Morgan fingerprint density at radius 1 is 1.40 bits per heavy atom. The van der Waals surface area contributed by atoms with E-state index in [2.05, 4.69) is 15.5 Å². The minimum Gasteiger partial charge on any atom is -0.479 e. The van der Waals surface area contributed by atoms with E-state index in [-0.39, 0.29) is 16.5 Å². The molecule has 164 valence electrons. The molecule has 5 N–H and O–H groups in total. The zero-order valence-electron chi connectivity index (χ0n) is 16.5. The summed E-state index contributed by atoms with van der Waals surface area (Å²) in [7, 11) is 0. The van der Waals surface area contributed by atoms with Gasteiger partial charge in [-0.1, -0.05) is 5.16 Å². The highest BCUT2D eigenvalue weighted by Crippen LogP contribution is 2.32. The molecule has 13 nitrogen and oxygen atoms in total. The van der Waals surface area contributed by atoms with Crippen LogP contribution in [0.1, 0.15) is 33.4 Å². The maximum atomic E-state index is 12.8. The summed E-state index contributed by atoms with van der Waals surface area (Å²) in [5.74, 6) is -4.12. The molecule has 1 aromatic heterocycles. The molecule has 1 unspecified atom stereocenters. The van der Waals surface area contributed by atoms with Crippen molar-refractivity contribution in [1.82, 2.24) is 15.4 Å². The molecule has 0 radical (unpaired) electrons. The number of rotatable bonds is 9. The molecule has 1 saturated heterocycles. The Bertz CT molecular complexity index is 909. The van der Waals surface area contributed by atoms with Crippen LogP contribution in [0.4, 0.5) is 5.13 Å². The Kier molecular flexibility index (Phi) is 6.32. The van der Waals surface area contributed by atoms with Crippen molar-refractivity contribution in [1.29, 1.82) is 0 Å². The fraction of sp³-hybridized carbons (Fsp3) is 0.500. The third-order valence-corrected chi connectivity index (χ3v) is 4.80. The molecule has 1 fully saturated rings. The Labute approximate surface area is 174 Å². The SMILES string of the molecule is CC(C)(ON=C(C(=O)NC1C(=O)N(OCC(=O)O)C1(C)C)c1csc(N)n1)C(=O)O. The summed E-state index contributed by atoms with van der Waals surface area (Å²) in [6, 6.07) is -1.06. The van der Waals surface area contributed by atoms with Crippen LogP contribution in [-0.4, -0.2) is 73.5 Å². The van der Waals surface area contributed by atoms with Gasteiger partial charge >= 0.3 is 11.9 Å². The smallest absolute Gasteiger partial charge is 0.350 e. The number of hydrogen-bond donors (Lipinski definition) is 4. The summed E-state index contributed by atoms with van der Waals surface area (Å²) in [5.41, 5.74) is 2.44. The largest absolute Gasteiger partial charge is 0.479 e. The first-order valence-corrected chi connectivity index (χ1v) is 9.36. The Morgan fingerprint density at radius 3 is 2.50 bits per heavy atom. The molecule has 14 heteroatoms. The molecular weight excluding hydrogens is 422 g/mol. The Morgan fingerprint density at radius 2 is 2.03 bits per heavy atom. The number of thiazole rings is 1. The van der Waals surface area contributed by atoms with Crippen molar-refractivity contribution in [3.05, 3.63) is 11.1 Å². The number of amides is 2. The van der Waals surface area contributed by atoms with Gasteiger partial charge in [0.05, 0.1) is 5.54 Å². The van der Waals surface area contributed by atoms with E-state index in [0.29, 0.717) is 0 Å². The topological polar surface area (TPSA) is 194 Å². The van der Waals surface area contributed by atoms with Crippen molar-refractivity contribution in [3.63, 3.8) is 0 Å². The monoisotopic (exact) mass is 443 g/mol. The highest BCUT2D eigenvalue weighted by atomic mass is 32.1. The van der Waals surface area contributed by atoms with E-state index in [1.54, 1.807) is 13.8 Å². The number of aromatic nitrogens is 1. The van der Waals surface area contributed by atoms with Crippen molar-refractivity contribution in [2.24, 2.45) is 5.16 Å². The maximum absolute atomic E-state index is 12.8. The number of nitrogens with zero attached hydrogens (tertiary/aromatic N) is 3. The predicted octanol–water partition coefficient (Wildman–Crippen LogP) is -0.569. The standard InChI is InChI=1S/C16H21N5O8S/c1-15(2)10(12(25)21(15)28-5-8(22)23)19-11(24)9(7-6-30-14(17)18-7)20-29-16(3,4)13(26)27/h6,10H,5H2,1-4H3,(H2,17,18)(H,19,24)(H,22,23)(H,26,27). The number of hydroxylamine groups is 2. The van der Waals surface area contributed by atoms with Crippen LogP contribution in [0, 0.1) is 0 Å². The first kappa shape index (κ1) is 23.0. The second kappa shape index (κ2) is 8.23. The lowest BCUT2D eigenvalue weighted by Crippen LogP contribution is -2.76. The van der Waals surface area contributed by atoms with Crippen LogP contribution in [-0.2, 0) is 28.9 Å². The average Bonchev–Trinajstić information content (AvgIpc) is 3.05. The number of nitrogen functional groups attached to an aromatic ring is 1. The van der Waals surface area contributed by atoms with Crippen LogP contribution in [0.25, 0.3) is 0 Å². The van der Waals surface area contributed by atoms with Crippen molar-refractivity contribution in [2.75, 3.05) is 12.3 Å². The molecule has 0 bridgehead atoms. The molecule has 1 atom stereocenters. The van der Waals surface area contributed by atoms with Crippen LogP contribution in [0.3, 0.4) is 0 Å². The number of carbonyl (C=O) groups excluding carboxylic acids is 2. The van der Waals surface area contributed by atoms with Crippen LogP contribution in [0.5, 0.6) is 0 Å². The Balaban J connectivity index is 2.22. The molecule has 30 heavy (non-hydrogen) atoms. The summed E-state index contributed by atoms with van der Waals surface area (Å²) in [5, 5.41) is 26.3. The van der Waals surface area contributed by atoms with Gasteiger partial charge in [-0.2, -0.15) is 0 Å². The highest BCUT2D eigenvalue weighted by Gasteiger charge is 2.56. The number of nitrogens with one attached hydrogen (secondary N) is 1. The van der Waals surface area contributed by atoms with Gasteiger partial charge < -0.3 is 26.1 Å². The number of carboxylic acid groups (broad SMARTS) is 2. The number of nitrogens with two attached hydrogens (primary N) is 1. The number of oxime groups is 1. The predicted molar refractivity (Wildman–Crippen MR) is 102 cm³/mol. The van der Waals surface area contributed by atoms with E-state index < -0.39 is 47.5 Å². The second-order valence-electron chi connectivity index (χ2n) is 7.28. The van der Waals surface area contributed by atoms with E-state index in [0.717, 1.165) is 16.4 Å². The first-order valence-electron chi connectivity index (χ1n) is 8.48. The maximum Gasteiger partial charge on any atom is 0.350 e. The van der Waals surface area contributed by atoms with Gasteiger partial charge in [0.15, 0.2) is 17.5 Å². The molecular formula is C16H21N5O8S. The fourth-order valence-corrected chi connectivity index (χ4v) is 2.89. The van der Waals surface area contributed by atoms with Crippen LogP contribution in [0.2, 0.25) is 0 Å². The van der Waals surface area contributed by atoms with Gasteiger partial charge in [0.25, 0.3) is 11.8 Å². The van der Waals surface area contributed by atoms with Crippen molar-refractivity contribution < 1.29 is 39.1 Å². The summed E-state index contributed by atoms with van der Waals surface area (Å²) in [6.07, 6.45) is 0. The van der Waals surface area contributed by atoms with Crippen molar-refractivity contribution in [3.8, 4) is 0 Å². The summed E-state index contributed by atoms with van der Waals surface area (Å²) in [6.45, 7) is 4.87. The van der Waals surface area contributed by atoms with Crippen LogP contribution >= 0.6 is 11.3 Å². The van der Waals surface area contributed by atoms with Crippen molar-refractivity contribution in [2.45, 2.75) is 44.9 Å². The third-order valence-electron chi connectivity index (χ3n) is 4.13. The van der Waals surface area contributed by atoms with Crippen LogP contribution < -0.4 is 11.1 Å². The van der Waals surface area contributed by atoms with E-state index in [1.807, 2.05) is 0 Å². The van der Waals surface area contributed by atoms with E-state index >= 15 is 0 Å².